The average molecular weight is 326 g/mol. The Bertz CT molecular complexity index is 666. The van der Waals surface area contributed by atoms with E-state index in [0.717, 1.165) is 5.56 Å². The molecule has 5 heteroatoms. The van der Waals surface area contributed by atoms with Crippen LogP contribution in [0.4, 0.5) is 5.69 Å². The molecule has 2 aromatic carbocycles. The van der Waals surface area contributed by atoms with Crippen molar-refractivity contribution >= 4 is 40.5 Å². The van der Waals surface area contributed by atoms with Crippen LogP contribution in [0, 0.1) is 11.3 Å². The van der Waals surface area contributed by atoms with Crippen molar-refractivity contribution in [1.29, 1.82) is 5.26 Å². The number of rotatable bonds is 2. The highest BCUT2D eigenvalue weighted by molar-refractivity contribution is 6.36. The van der Waals surface area contributed by atoms with E-state index in [-0.39, 0.29) is 0 Å². The summed E-state index contributed by atoms with van der Waals surface area (Å²) in [5.41, 5.74) is 6.48. The van der Waals surface area contributed by atoms with E-state index in [0.29, 0.717) is 26.3 Å². The Morgan fingerprint density at radius 2 is 1.55 bits per heavy atom. The molecule has 2 nitrogen and oxygen atoms in total. The number of nitrogens with two attached hydrogens (primary N) is 1. The van der Waals surface area contributed by atoms with E-state index in [1.807, 2.05) is 0 Å². The van der Waals surface area contributed by atoms with E-state index in [1.54, 1.807) is 43.3 Å². The minimum Gasteiger partial charge on any atom is -0.399 e. The second-order valence-corrected chi connectivity index (χ2v) is 5.85. The number of hydrogen-bond donors (Lipinski definition) is 1. The molecule has 1 atom stereocenters. The van der Waals surface area contributed by atoms with E-state index in [4.69, 9.17) is 40.5 Å². The Morgan fingerprint density at radius 3 is 2.00 bits per heavy atom. The molecular weight excluding hydrogens is 315 g/mol. The monoisotopic (exact) mass is 324 g/mol. The molecule has 0 saturated heterocycles. The first kappa shape index (κ1) is 15.0. The molecule has 102 valence electrons. The highest BCUT2D eigenvalue weighted by Gasteiger charge is 2.33. The van der Waals surface area contributed by atoms with E-state index >= 15 is 0 Å². The lowest BCUT2D eigenvalue weighted by Crippen LogP contribution is -2.22. The van der Waals surface area contributed by atoms with Crippen LogP contribution in [0.5, 0.6) is 0 Å². The first-order chi connectivity index (χ1) is 9.38. The van der Waals surface area contributed by atoms with Gasteiger partial charge >= 0.3 is 0 Å². The fraction of sp³-hybridized carbons (Fsp3) is 0.133. The highest BCUT2D eigenvalue weighted by atomic mass is 35.5. The molecule has 0 amide bonds. The van der Waals surface area contributed by atoms with Gasteiger partial charge in [0, 0.05) is 26.3 Å². The molecule has 0 aliphatic rings. The summed E-state index contributed by atoms with van der Waals surface area (Å²) < 4.78 is 0. The standard InChI is InChI=1S/C15H11Cl3N2/c1-15(8-19,9-2-4-10(16)5-3-9)14-12(17)6-11(20)7-13(14)18/h2-7H,20H2,1H3. The Hall–Kier alpha value is -1.40. The topological polar surface area (TPSA) is 49.8 Å². The largest absolute Gasteiger partial charge is 0.399 e. The Morgan fingerprint density at radius 1 is 1.05 bits per heavy atom. The van der Waals surface area contributed by atoms with Crippen LogP contribution in [-0.2, 0) is 5.41 Å². The average Bonchev–Trinajstić information content (AvgIpc) is 2.37. The summed E-state index contributed by atoms with van der Waals surface area (Å²) in [7, 11) is 0. The fourth-order valence-electron chi connectivity index (χ4n) is 2.12. The van der Waals surface area contributed by atoms with Crippen molar-refractivity contribution in [1.82, 2.24) is 0 Å². The molecule has 2 aromatic rings. The van der Waals surface area contributed by atoms with Gasteiger partial charge in [-0.05, 0) is 36.8 Å². The smallest absolute Gasteiger partial charge is 0.107 e. The number of halogens is 3. The molecule has 2 rings (SSSR count). The van der Waals surface area contributed by atoms with Gasteiger partial charge in [-0.3, -0.25) is 0 Å². The lowest BCUT2D eigenvalue weighted by Gasteiger charge is -2.25. The Kier molecular flexibility index (Phi) is 4.15. The first-order valence-corrected chi connectivity index (χ1v) is 6.94. The van der Waals surface area contributed by atoms with Crippen LogP contribution in [0.25, 0.3) is 0 Å². The van der Waals surface area contributed by atoms with Crippen molar-refractivity contribution in [2.45, 2.75) is 12.3 Å². The van der Waals surface area contributed by atoms with Crippen LogP contribution in [0.3, 0.4) is 0 Å². The van der Waals surface area contributed by atoms with Gasteiger partial charge in [-0.1, -0.05) is 46.9 Å². The molecule has 0 bridgehead atoms. The summed E-state index contributed by atoms with van der Waals surface area (Å²) in [5, 5.41) is 11.0. The molecule has 0 saturated carbocycles. The predicted molar refractivity (Wildman–Crippen MR) is 84.4 cm³/mol. The van der Waals surface area contributed by atoms with Crippen molar-refractivity contribution in [3.8, 4) is 6.07 Å². The summed E-state index contributed by atoms with van der Waals surface area (Å²) in [5.74, 6) is 0. The summed E-state index contributed by atoms with van der Waals surface area (Å²) in [6.07, 6.45) is 0. The molecule has 0 aliphatic carbocycles. The molecule has 1 unspecified atom stereocenters. The van der Waals surface area contributed by atoms with Crippen molar-refractivity contribution in [2.75, 3.05) is 5.73 Å². The molecule has 0 fully saturated rings. The van der Waals surface area contributed by atoms with Gasteiger partial charge in [-0.25, -0.2) is 0 Å². The second kappa shape index (κ2) is 5.54. The number of nitrogens with zero attached hydrogens (tertiary/aromatic N) is 1. The van der Waals surface area contributed by atoms with Gasteiger partial charge in [0.25, 0.3) is 0 Å². The van der Waals surface area contributed by atoms with Gasteiger partial charge in [-0.15, -0.1) is 0 Å². The lowest BCUT2D eigenvalue weighted by molar-refractivity contribution is 0.741. The highest BCUT2D eigenvalue weighted by Crippen LogP contribution is 2.41. The van der Waals surface area contributed by atoms with Crippen molar-refractivity contribution in [3.05, 3.63) is 62.6 Å². The lowest BCUT2D eigenvalue weighted by atomic mass is 9.77. The quantitative estimate of drug-likeness (QED) is 0.785. The molecule has 20 heavy (non-hydrogen) atoms. The van der Waals surface area contributed by atoms with Crippen molar-refractivity contribution in [2.24, 2.45) is 0 Å². The first-order valence-electron chi connectivity index (χ1n) is 5.81. The van der Waals surface area contributed by atoms with E-state index in [1.165, 1.54) is 0 Å². The molecule has 0 aliphatic heterocycles. The molecule has 0 spiro atoms. The zero-order chi connectivity index (χ0) is 14.9. The molecule has 2 N–H and O–H groups in total. The zero-order valence-corrected chi connectivity index (χ0v) is 12.9. The minimum absolute atomic E-state index is 0.369. The van der Waals surface area contributed by atoms with Crippen LogP contribution in [-0.4, -0.2) is 0 Å². The number of nitrogen functional groups attached to an aromatic ring is 1. The van der Waals surface area contributed by atoms with Gasteiger partial charge in [0.2, 0.25) is 0 Å². The van der Waals surface area contributed by atoms with E-state index in [2.05, 4.69) is 6.07 Å². The normalized spacial score (nSPS) is 13.6. The summed E-state index contributed by atoms with van der Waals surface area (Å²) >= 11 is 18.4. The Labute approximate surface area is 132 Å². The number of benzene rings is 2. The van der Waals surface area contributed by atoms with Crippen LogP contribution >= 0.6 is 34.8 Å². The van der Waals surface area contributed by atoms with Gasteiger partial charge in [0.05, 0.1) is 6.07 Å². The van der Waals surface area contributed by atoms with Crippen molar-refractivity contribution < 1.29 is 0 Å². The van der Waals surface area contributed by atoms with E-state index in [9.17, 15) is 5.26 Å². The van der Waals surface area contributed by atoms with Crippen LogP contribution < -0.4 is 5.73 Å². The predicted octanol–water partition coefficient (Wildman–Crippen LogP) is 5.06. The van der Waals surface area contributed by atoms with E-state index < -0.39 is 5.41 Å². The van der Waals surface area contributed by atoms with Gasteiger partial charge in [0.15, 0.2) is 0 Å². The summed E-state index contributed by atoms with van der Waals surface area (Å²) in [6.45, 7) is 1.76. The van der Waals surface area contributed by atoms with Crippen molar-refractivity contribution in [3.63, 3.8) is 0 Å². The third-order valence-corrected chi connectivity index (χ3v) is 4.06. The van der Waals surface area contributed by atoms with Crippen LogP contribution in [0.15, 0.2) is 36.4 Å². The number of hydrogen-bond acceptors (Lipinski definition) is 2. The SMILES string of the molecule is CC(C#N)(c1ccc(Cl)cc1)c1c(Cl)cc(N)cc1Cl. The second-order valence-electron chi connectivity index (χ2n) is 4.60. The summed E-state index contributed by atoms with van der Waals surface area (Å²) in [6, 6.07) is 12.5. The summed E-state index contributed by atoms with van der Waals surface area (Å²) in [4.78, 5) is 0. The maximum atomic E-state index is 9.65. The molecular formula is C15H11Cl3N2. The Balaban J connectivity index is 2.69. The van der Waals surface area contributed by atoms with Crippen LogP contribution in [0.2, 0.25) is 15.1 Å². The molecule has 0 aromatic heterocycles. The zero-order valence-electron chi connectivity index (χ0n) is 10.6. The third kappa shape index (κ3) is 2.58. The number of anilines is 1. The third-order valence-electron chi connectivity index (χ3n) is 3.21. The van der Waals surface area contributed by atoms with Crippen LogP contribution in [0.1, 0.15) is 18.1 Å². The molecule has 0 heterocycles. The van der Waals surface area contributed by atoms with Gasteiger partial charge in [-0.2, -0.15) is 5.26 Å². The maximum absolute atomic E-state index is 9.65. The van der Waals surface area contributed by atoms with Gasteiger partial charge in [0.1, 0.15) is 5.41 Å². The molecule has 0 radical (unpaired) electrons. The minimum atomic E-state index is -0.980. The van der Waals surface area contributed by atoms with Gasteiger partial charge < -0.3 is 5.73 Å². The number of nitriles is 1. The maximum Gasteiger partial charge on any atom is 0.107 e. The fourth-order valence-corrected chi connectivity index (χ4v) is 3.13.